The van der Waals surface area contributed by atoms with Gasteiger partial charge in [0.15, 0.2) is 11.5 Å². The Morgan fingerprint density at radius 3 is 2.00 bits per heavy atom. The van der Waals surface area contributed by atoms with Crippen LogP contribution < -0.4 is 15.2 Å². The third-order valence-electron chi connectivity index (χ3n) is 7.52. The molecule has 0 aromatic heterocycles. The van der Waals surface area contributed by atoms with E-state index < -0.39 is 41.7 Å². The Morgan fingerprint density at radius 2 is 1.47 bits per heavy atom. The summed E-state index contributed by atoms with van der Waals surface area (Å²) in [6.07, 6.45) is 5.83. The van der Waals surface area contributed by atoms with Crippen molar-refractivity contribution in [2.24, 2.45) is 29.4 Å². The minimum Gasteiger partial charge on any atom is -0.480 e. The summed E-state index contributed by atoms with van der Waals surface area (Å²) in [5.74, 6) is -4.50. The molecule has 1 saturated carbocycles. The standard InChI is InChI=1S/C29H43NO8/c1-6-17(3)27(33)37-22-14-13-21(15-23(22)38-28(34)18(4)7-2)24(25(30)26(31)32)19(5)16-36-29(35)20-11-9-8-10-12-20/h13-15,17-20,24-25H,6-12,16,30H2,1-5H3,(H,31,32)/t17?,18?,19?,24?,25-/m0/s1. The van der Waals surface area contributed by atoms with E-state index in [4.69, 9.17) is 19.9 Å². The Morgan fingerprint density at radius 1 is 0.921 bits per heavy atom. The third kappa shape index (κ3) is 8.55. The fraction of sp³-hybridized carbons (Fsp3) is 0.655. The number of rotatable bonds is 13. The van der Waals surface area contributed by atoms with E-state index >= 15 is 0 Å². The SMILES string of the molecule is CCC(C)C(=O)Oc1ccc(C(C(C)COC(=O)C2CCCCC2)[C@H](N)C(=O)O)cc1OC(=O)C(C)CC. The average Bonchev–Trinajstić information content (AvgIpc) is 2.92. The summed E-state index contributed by atoms with van der Waals surface area (Å²) in [5.41, 5.74) is 6.58. The van der Waals surface area contributed by atoms with Gasteiger partial charge < -0.3 is 25.1 Å². The van der Waals surface area contributed by atoms with Crippen LogP contribution in [0, 0.1) is 23.7 Å². The van der Waals surface area contributed by atoms with Gasteiger partial charge in [0.05, 0.1) is 24.4 Å². The van der Waals surface area contributed by atoms with E-state index in [9.17, 15) is 24.3 Å². The summed E-state index contributed by atoms with van der Waals surface area (Å²) < 4.78 is 16.7. The van der Waals surface area contributed by atoms with Gasteiger partial charge in [-0.15, -0.1) is 0 Å². The second kappa shape index (κ2) is 14.9. The molecule has 1 aromatic rings. The third-order valence-corrected chi connectivity index (χ3v) is 7.52. The number of hydrogen-bond donors (Lipinski definition) is 2. The first-order valence-corrected chi connectivity index (χ1v) is 13.7. The van der Waals surface area contributed by atoms with Crippen LogP contribution in [0.5, 0.6) is 11.5 Å². The second-order valence-corrected chi connectivity index (χ2v) is 10.5. The first kappa shape index (κ1) is 31.3. The Kier molecular flexibility index (Phi) is 12.2. The number of carbonyl (C=O) groups is 4. The molecule has 0 radical (unpaired) electrons. The molecule has 9 nitrogen and oxygen atoms in total. The predicted molar refractivity (Wildman–Crippen MR) is 142 cm³/mol. The largest absolute Gasteiger partial charge is 0.480 e. The van der Waals surface area contributed by atoms with E-state index in [0.29, 0.717) is 18.4 Å². The van der Waals surface area contributed by atoms with Gasteiger partial charge in [-0.25, -0.2) is 0 Å². The normalized spacial score (nSPS) is 17.9. The van der Waals surface area contributed by atoms with Gasteiger partial charge in [-0.3, -0.25) is 19.2 Å². The molecule has 0 spiro atoms. The van der Waals surface area contributed by atoms with E-state index in [-0.39, 0.29) is 35.9 Å². The van der Waals surface area contributed by atoms with Crippen molar-refractivity contribution in [3.63, 3.8) is 0 Å². The van der Waals surface area contributed by atoms with E-state index in [1.165, 1.54) is 12.1 Å². The van der Waals surface area contributed by atoms with Crippen LogP contribution in [-0.2, 0) is 23.9 Å². The number of nitrogens with two attached hydrogens (primary N) is 1. The molecule has 1 fully saturated rings. The number of carboxylic acids is 1. The number of benzene rings is 1. The lowest BCUT2D eigenvalue weighted by Crippen LogP contribution is -2.41. The van der Waals surface area contributed by atoms with Gasteiger partial charge in [0.1, 0.15) is 6.04 Å². The van der Waals surface area contributed by atoms with Crippen LogP contribution in [0.2, 0.25) is 0 Å². The molecule has 5 atom stereocenters. The van der Waals surface area contributed by atoms with Crippen molar-refractivity contribution in [1.82, 2.24) is 0 Å². The van der Waals surface area contributed by atoms with Crippen molar-refractivity contribution in [2.45, 2.75) is 91.5 Å². The number of hydrogen-bond acceptors (Lipinski definition) is 8. The number of carboxylic acid groups (broad SMARTS) is 1. The second-order valence-electron chi connectivity index (χ2n) is 10.5. The molecule has 0 aliphatic heterocycles. The van der Waals surface area contributed by atoms with Gasteiger partial charge >= 0.3 is 23.9 Å². The molecular formula is C29H43NO8. The minimum atomic E-state index is -1.31. The van der Waals surface area contributed by atoms with Crippen LogP contribution in [0.1, 0.15) is 91.0 Å². The van der Waals surface area contributed by atoms with Crippen LogP contribution >= 0.6 is 0 Å². The maximum Gasteiger partial charge on any atom is 0.321 e. The predicted octanol–water partition coefficient (Wildman–Crippen LogP) is 4.84. The van der Waals surface area contributed by atoms with Gasteiger partial charge in [0.25, 0.3) is 0 Å². The Balaban J connectivity index is 2.36. The van der Waals surface area contributed by atoms with Crippen LogP contribution in [0.3, 0.4) is 0 Å². The molecule has 38 heavy (non-hydrogen) atoms. The van der Waals surface area contributed by atoms with E-state index in [2.05, 4.69) is 0 Å². The smallest absolute Gasteiger partial charge is 0.321 e. The molecule has 1 aliphatic carbocycles. The van der Waals surface area contributed by atoms with Gasteiger partial charge in [-0.1, -0.05) is 59.9 Å². The highest BCUT2D eigenvalue weighted by Crippen LogP contribution is 2.37. The monoisotopic (exact) mass is 533 g/mol. The molecule has 1 aromatic carbocycles. The van der Waals surface area contributed by atoms with Crippen molar-refractivity contribution in [3.05, 3.63) is 23.8 Å². The molecule has 2 rings (SSSR count). The average molecular weight is 534 g/mol. The molecule has 0 amide bonds. The van der Waals surface area contributed by atoms with Crippen molar-refractivity contribution >= 4 is 23.9 Å². The maximum absolute atomic E-state index is 12.6. The summed E-state index contributed by atoms with van der Waals surface area (Å²) in [7, 11) is 0. The Labute approximate surface area is 225 Å². The summed E-state index contributed by atoms with van der Waals surface area (Å²) in [6.45, 7) is 8.93. The van der Waals surface area contributed by atoms with Crippen LogP contribution in [0.25, 0.3) is 0 Å². The fourth-order valence-corrected chi connectivity index (χ4v) is 4.46. The summed E-state index contributed by atoms with van der Waals surface area (Å²) in [4.78, 5) is 49.6. The lowest BCUT2D eigenvalue weighted by atomic mass is 9.82. The van der Waals surface area contributed by atoms with Crippen molar-refractivity contribution in [1.29, 1.82) is 0 Å². The van der Waals surface area contributed by atoms with E-state index in [1.54, 1.807) is 26.8 Å². The van der Waals surface area contributed by atoms with Gasteiger partial charge in [0.2, 0.25) is 0 Å². The first-order valence-electron chi connectivity index (χ1n) is 13.7. The minimum absolute atomic E-state index is 0.00623. The highest BCUT2D eigenvalue weighted by atomic mass is 16.6. The molecule has 212 valence electrons. The lowest BCUT2D eigenvalue weighted by molar-refractivity contribution is -0.151. The topological polar surface area (TPSA) is 142 Å². The van der Waals surface area contributed by atoms with Crippen LogP contribution in [-0.4, -0.2) is 41.6 Å². The molecule has 3 N–H and O–H groups in total. The summed E-state index contributed by atoms with van der Waals surface area (Å²) in [6, 6.07) is 3.26. The van der Waals surface area contributed by atoms with Crippen molar-refractivity contribution in [2.75, 3.05) is 6.61 Å². The zero-order chi connectivity index (χ0) is 28.4. The number of esters is 3. The van der Waals surface area contributed by atoms with Crippen LogP contribution in [0.4, 0.5) is 0 Å². The zero-order valence-corrected chi connectivity index (χ0v) is 23.2. The molecule has 4 unspecified atom stereocenters. The molecular weight excluding hydrogens is 490 g/mol. The van der Waals surface area contributed by atoms with E-state index in [0.717, 1.165) is 32.1 Å². The Bertz CT molecular complexity index is 971. The molecule has 0 bridgehead atoms. The highest BCUT2D eigenvalue weighted by molar-refractivity contribution is 5.79. The Hall–Kier alpha value is -2.94. The van der Waals surface area contributed by atoms with Gasteiger partial charge in [0, 0.05) is 5.92 Å². The first-order chi connectivity index (χ1) is 18.0. The van der Waals surface area contributed by atoms with Crippen LogP contribution in [0.15, 0.2) is 18.2 Å². The highest BCUT2D eigenvalue weighted by Gasteiger charge is 2.33. The van der Waals surface area contributed by atoms with E-state index in [1.807, 2.05) is 13.8 Å². The van der Waals surface area contributed by atoms with Gasteiger partial charge in [-0.05, 0) is 49.3 Å². The van der Waals surface area contributed by atoms with Crippen molar-refractivity contribution in [3.8, 4) is 11.5 Å². The number of aliphatic carboxylic acids is 1. The zero-order valence-electron chi connectivity index (χ0n) is 23.2. The molecule has 9 heteroatoms. The summed E-state index contributed by atoms with van der Waals surface area (Å²) >= 11 is 0. The number of carbonyl (C=O) groups excluding carboxylic acids is 3. The molecule has 1 aliphatic rings. The lowest BCUT2D eigenvalue weighted by Gasteiger charge is -2.29. The molecule has 0 saturated heterocycles. The van der Waals surface area contributed by atoms with Crippen molar-refractivity contribution < 1.29 is 38.5 Å². The fourth-order valence-electron chi connectivity index (χ4n) is 4.46. The maximum atomic E-state index is 12.6. The quantitative estimate of drug-likeness (QED) is 0.269. The number of ether oxygens (including phenoxy) is 3. The van der Waals surface area contributed by atoms with Gasteiger partial charge in [-0.2, -0.15) is 0 Å². The summed E-state index contributed by atoms with van der Waals surface area (Å²) in [5, 5.41) is 9.74. The molecule has 0 heterocycles.